The number of hydrogen-bond acceptors (Lipinski definition) is 4. The number of nitrogens with zero attached hydrogens (tertiary/aromatic N) is 2. The second kappa shape index (κ2) is 5.63. The molecule has 0 saturated carbocycles. The lowest BCUT2D eigenvalue weighted by Crippen LogP contribution is -2.01. The Hall–Kier alpha value is -2.19. The predicted molar refractivity (Wildman–Crippen MR) is 74.5 cm³/mol. The Balaban J connectivity index is 2.33. The van der Waals surface area contributed by atoms with Gasteiger partial charge >= 0.3 is 5.97 Å². The Morgan fingerprint density at radius 2 is 2.26 bits per heavy atom. The van der Waals surface area contributed by atoms with Crippen LogP contribution in [0.3, 0.4) is 0 Å². The Labute approximate surface area is 115 Å². The van der Waals surface area contributed by atoms with Gasteiger partial charge in [0.25, 0.3) is 0 Å². The Morgan fingerprint density at radius 3 is 2.95 bits per heavy atom. The van der Waals surface area contributed by atoms with Gasteiger partial charge in [0.05, 0.1) is 18.9 Å². The fourth-order valence-corrected chi connectivity index (χ4v) is 2.25. The number of aromatic nitrogens is 1. The third-order valence-corrected chi connectivity index (χ3v) is 3.38. The summed E-state index contributed by atoms with van der Waals surface area (Å²) in [5, 5.41) is 0. The summed E-state index contributed by atoms with van der Waals surface area (Å²) in [5.74, 6) is -0.358. The monoisotopic (exact) mass is 272 g/mol. The first-order chi connectivity index (χ1) is 9.15. The number of esters is 1. The van der Waals surface area contributed by atoms with E-state index in [2.05, 4.69) is 9.22 Å². The highest BCUT2D eigenvalue weighted by Gasteiger charge is 2.13. The normalized spacial score (nSPS) is 9.95. The molecule has 0 fully saturated rings. The lowest BCUT2D eigenvalue weighted by atomic mass is 10.1. The Kier molecular flexibility index (Phi) is 3.93. The van der Waals surface area contributed by atoms with Gasteiger partial charge in [-0.2, -0.15) is 4.37 Å². The zero-order valence-corrected chi connectivity index (χ0v) is 11.5. The first-order valence-corrected chi connectivity index (χ1v) is 6.55. The van der Waals surface area contributed by atoms with E-state index in [1.54, 1.807) is 19.1 Å². The van der Waals surface area contributed by atoms with Crippen LogP contribution in [0.25, 0.3) is 16.1 Å². The molecule has 96 valence electrons. The largest absolute Gasteiger partial charge is 0.462 e. The molecule has 0 aliphatic heterocycles. The van der Waals surface area contributed by atoms with Gasteiger partial charge in [-0.3, -0.25) is 0 Å². The third kappa shape index (κ3) is 2.80. The average molecular weight is 272 g/mol. The molecule has 5 heteroatoms. The van der Waals surface area contributed by atoms with Crippen LogP contribution in [0.15, 0.2) is 24.3 Å². The number of rotatable bonds is 3. The molecule has 0 atom stereocenters. The minimum absolute atomic E-state index is 0.346. The summed E-state index contributed by atoms with van der Waals surface area (Å²) in [6.45, 7) is 11.1. The lowest BCUT2D eigenvalue weighted by molar-refractivity contribution is 0.0532. The van der Waals surface area contributed by atoms with E-state index in [1.165, 1.54) is 0 Å². The van der Waals surface area contributed by atoms with Crippen LogP contribution >= 0.6 is 11.5 Å². The minimum atomic E-state index is -0.358. The first kappa shape index (κ1) is 13.2. The van der Waals surface area contributed by atoms with Gasteiger partial charge in [-0.25, -0.2) is 9.64 Å². The number of benzene rings is 1. The smallest absolute Gasteiger partial charge is 0.349 e. The molecule has 0 N–H and O–H groups in total. The minimum Gasteiger partial charge on any atom is -0.462 e. The quantitative estimate of drug-likeness (QED) is 0.629. The molecule has 2 rings (SSSR count). The van der Waals surface area contributed by atoms with Crippen molar-refractivity contribution in [3.8, 4) is 11.3 Å². The molecule has 0 spiro atoms. The molecule has 0 aliphatic carbocycles. The Bertz CT molecular complexity index is 656. The molecule has 0 unspecified atom stereocenters. The summed E-state index contributed by atoms with van der Waals surface area (Å²) < 4.78 is 9.16. The fourth-order valence-electron chi connectivity index (χ4n) is 1.60. The SMILES string of the molecule is [C-]#[N+]c1cc(-c2cc(C(=O)OCC)sn2)ccc1C. The van der Waals surface area contributed by atoms with Crippen LogP contribution in [0, 0.1) is 13.5 Å². The van der Waals surface area contributed by atoms with Crippen LogP contribution in [0.1, 0.15) is 22.2 Å². The molecule has 2 aromatic rings. The van der Waals surface area contributed by atoms with E-state index >= 15 is 0 Å². The lowest BCUT2D eigenvalue weighted by Gasteiger charge is -2.00. The predicted octanol–water partition coefficient (Wildman–Crippen LogP) is 3.85. The van der Waals surface area contributed by atoms with E-state index in [0.29, 0.717) is 22.9 Å². The highest BCUT2D eigenvalue weighted by molar-refractivity contribution is 7.08. The summed E-state index contributed by atoms with van der Waals surface area (Å²) in [6.07, 6.45) is 0. The number of carbonyl (C=O) groups excluding carboxylic acids is 1. The molecule has 0 saturated heterocycles. The van der Waals surface area contributed by atoms with E-state index in [0.717, 1.165) is 22.7 Å². The van der Waals surface area contributed by atoms with Crippen LogP contribution in [0.5, 0.6) is 0 Å². The topological polar surface area (TPSA) is 43.5 Å². The van der Waals surface area contributed by atoms with Crippen molar-refractivity contribution in [1.29, 1.82) is 0 Å². The van der Waals surface area contributed by atoms with Gasteiger partial charge in [0.15, 0.2) is 5.69 Å². The summed E-state index contributed by atoms with van der Waals surface area (Å²) in [5.41, 5.74) is 3.06. The van der Waals surface area contributed by atoms with Crippen LogP contribution in [-0.4, -0.2) is 16.9 Å². The number of carbonyl (C=O) groups is 1. The summed E-state index contributed by atoms with van der Waals surface area (Å²) in [6, 6.07) is 7.26. The van der Waals surface area contributed by atoms with Gasteiger partial charge < -0.3 is 4.74 Å². The maximum absolute atomic E-state index is 11.6. The zero-order valence-electron chi connectivity index (χ0n) is 10.6. The van der Waals surface area contributed by atoms with Gasteiger partial charge in [0, 0.05) is 0 Å². The van der Waals surface area contributed by atoms with Crippen molar-refractivity contribution in [2.24, 2.45) is 0 Å². The van der Waals surface area contributed by atoms with Gasteiger partial charge in [-0.1, -0.05) is 12.1 Å². The van der Waals surface area contributed by atoms with Gasteiger partial charge in [-0.15, -0.1) is 0 Å². The number of aryl methyl sites for hydroxylation is 1. The zero-order chi connectivity index (χ0) is 13.8. The molecule has 0 bridgehead atoms. The molecule has 19 heavy (non-hydrogen) atoms. The molecule has 1 heterocycles. The van der Waals surface area contributed by atoms with Crippen LogP contribution < -0.4 is 0 Å². The average Bonchev–Trinajstić information content (AvgIpc) is 2.89. The van der Waals surface area contributed by atoms with Gasteiger partial charge in [0.2, 0.25) is 0 Å². The van der Waals surface area contributed by atoms with Gasteiger partial charge in [0.1, 0.15) is 4.88 Å². The highest BCUT2D eigenvalue weighted by Crippen LogP contribution is 2.28. The third-order valence-electron chi connectivity index (χ3n) is 2.61. The Morgan fingerprint density at radius 1 is 1.47 bits per heavy atom. The second-order valence-corrected chi connectivity index (χ2v) is 4.71. The molecule has 0 aliphatic rings. The standard InChI is InChI=1S/C14H12N2O2S/c1-4-18-14(17)13-8-12(16-19-13)10-6-5-9(2)11(7-10)15-3/h5-8H,4H2,1-2H3. The van der Waals surface area contributed by atoms with E-state index in [9.17, 15) is 4.79 Å². The maximum Gasteiger partial charge on any atom is 0.349 e. The number of ether oxygens (including phenoxy) is 1. The van der Waals surface area contributed by atoms with Crippen molar-refractivity contribution >= 4 is 23.2 Å². The van der Waals surface area contributed by atoms with Crippen molar-refractivity contribution in [2.75, 3.05) is 6.61 Å². The van der Waals surface area contributed by atoms with E-state index in [4.69, 9.17) is 11.3 Å². The summed E-state index contributed by atoms with van der Waals surface area (Å²) in [7, 11) is 0. The molecule has 4 nitrogen and oxygen atoms in total. The van der Waals surface area contributed by atoms with E-state index < -0.39 is 0 Å². The summed E-state index contributed by atoms with van der Waals surface area (Å²) >= 11 is 1.11. The van der Waals surface area contributed by atoms with Crippen LogP contribution in [0.2, 0.25) is 0 Å². The van der Waals surface area contributed by atoms with Crippen molar-refractivity contribution in [1.82, 2.24) is 4.37 Å². The van der Waals surface area contributed by atoms with E-state index in [-0.39, 0.29) is 5.97 Å². The molecule has 0 amide bonds. The summed E-state index contributed by atoms with van der Waals surface area (Å²) in [4.78, 5) is 15.5. The fraction of sp³-hybridized carbons (Fsp3) is 0.214. The molecule has 1 aromatic carbocycles. The van der Waals surface area contributed by atoms with Gasteiger partial charge in [-0.05, 0) is 48.6 Å². The second-order valence-electron chi connectivity index (χ2n) is 3.91. The van der Waals surface area contributed by atoms with Crippen molar-refractivity contribution in [3.05, 3.63) is 46.1 Å². The van der Waals surface area contributed by atoms with E-state index in [1.807, 2.05) is 19.1 Å². The van der Waals surface area contributed by atoms with Crippen LogP contribution in [0.4, 0.5) is 5.69 Å². The maximum atomic E-state index is 11.6. The first-order valence-electron chi connectivity index (χ1n) is 5.78. The van der Waals surface area contributed by atoms with Crippen LogP contribution in [-0.2, 0) is 4.74 Å². The molecular formula is C14H12N2O2S. The van der Waals surface area contributed by atoms with Crippen molar-refractivity contribution in [3.63, 3.8) is 0 Å². The molecule has 0 radical (unpaired) electrons. The molecular weight excluding hydrogens is 260 g/mol. The number of hydrogen-bond donors (Lipinski definition) is 0. The van der Waals surface area contributed by atoms with Crippen molar-refractivity contribution < 1.29 is 9.53 Å². The van der Waals surface area contributed by atoms with Crippen molar-refractivity contribution in [2.45, 2.75) is 13.8 Å². The highest BCUT2D eigenvalue weighted by atomic mass is 32.1. The molecule has 1 aromatic heterocycles.